The summed E-state index contributed by atoms with van der Waals surface area (Å²) >= 11 is 0. The molecular formula is C21H25NO3. The average Bonchev–Trinajstić information content (AvgIpc) is 3.06. The highest BCUT2D eigenvalue weighted by Crippen LogP contribution is 2.45. The van der Waals surface area contributed by atoms with Gasteiger partial charge >= 0.3 is 0 Å². The molecule has 132 valence electrons. The van der Waals surface area contributed by atoms with Crippen molar-refractivity contribution >= 4 is 0 Å². The van der Waals surface area contributed by atoms with E-state index >= 15 is 0 Å². The van der Waals surface area contributed by atoms with Crippen LogP contribution in [0.5, 0.6) is 0 Å². The minimum atomic E-state index is -1.40. The number of hydrogen-bond acceptors (Lipinski definition) is 3. The Kier molecular flexibility index (Phi) is 4.95. The molecule has 4 heteroatoms. The number of hydrogen-bond donors (Lipinski definition) is 1. The number of aliphatic hydroxyl groups is 1. The van der Waals surface area contributed by atoms with Crippen molar-refractivity contribution < 1.29 is 14.5 Å². The highest BCUT2D eigenvalue weighted by atomic mass is 16.6. The van der Waals surface area contributed by atoms with Crippen LogP contribution in [-0.4, -0.2) is 28.9 Å². The first kappa shape index (κ1) is 17.7. The quantitative estimate of drug-likeness (QED) is 0.493. The van der Waals surface area contributed by atoms with Crippen molar-refractivity contribution in [1.29, 1.82) is 0 Å². The maximum atomic E-state index is 13.7. The van der Waals surface area contributed by atoms with Crippen molar-refractivity contribution in [3.63, 3.8) is 0 Å². The molecule has 0 spiro atoms. The van der Waals surface area contributed by atoms with Crippen LogP contribution >= 0.6 is 0 Å². The topological polar surface area (TPSA) is 52.5 Å². The summed E-state index contributed by atoms with van der Waals surface area (Å²) in [4.78, 5) is 0. The third-order valence-electron chi connectivity index (χ3n) is 5.11. The molecule has 0 aliphatic carbocycles. The first-order valence-corrected chi connectivity index (χ1v) is 8.78. The molecule has 1 aliphatic rings. The van der Waals surface area contributed by atoms with Crippen LogP contribution in [0.2, 0.25) is 0 Å². The second-order valence-corrected chi connectivity index (χ2v) is 6.50. The fraction of sp³-hybridized carbons (Fsp3) is 0.333. The summed E-state index contributed by atoms with van der Waals surface area (Å²) in [6.45, 7) is 6.47. The van der Waals surface area contributed by atoms with Gasteiger partial charge in [0.2, 0.25) is 0 Å². The van der Waals surface area contributed by atoms with Crippen molar-refractivity contribution in [1.82, 2.24) is 0 Å². The van der Waals surface area contributed by atoms with E-state index in [0.29, 0.717) is 19.6 Å². The van der Waals surface area contributed by atoms with Crippen LogP contribution in [0.15, 0.2) is 73.1 Å². The van der Waals surface area contributed by atoms with Gasteiger partial charge in [-0.1, -0.05) is 60.7 Å². The lowest BCUT2D eigenvalue weighted by Gasteiger charge is -2.49. The van der Waals surface area contributed by atoms with E-state index in [1.54, 1.807) is 0 Å². The fourth-order valence-electron chi connectivity index (χ4n) is 3.90. The number of rotatable bonds is 6. The second kappa shape index (κ2) is 7.00. The van der Waals surface area contributed by atoms with E-state index in [0.717, 1.165) is 17.5 Å². The van der Waals surface area contributed by atoms with E-state index in [9.17, 15) is 10.3 Å². The van der Waals surface area contributed by atoms with Crippen LogP contribution < -0.4 is 0 Å². The Bertz CT molecular complexity index is 677. The molecule has 0 aromatic heterocycles. The average molecular weight is 339 g/mol. The molecule has 2 atom stereocenters. The zero-order valence-electron chi connectivity index (χ0n) is 14.6. The minimum absolute atomic E-state index is 0.176. The number of quaternary nitrogens is 1. The van der Waals surface area contributed by atoms with Crippen molar-refractivity contribution in [2.45, 2.75) is 31.4 Å². The molecule has 2 aromatic rings. The molecule has 3 rings (SSSR count). The van der Waals surface area contributed by atoms with Gasteiger partial charge in [0.05, 0.1) is 13.2 Å². The Balaban J connectivity index is 2.14. The molecule has 2 aromatic carbocycles. The Hall–Kier alpha value is -2.14. The van der Waals surface area contributed by atoms with Crippen LogP contribution in [0.1, 0.15) is 30.9 Å². The monoisotopic (exact) mass is 339 g/mol. The summed E-state index contributed by atoms with van der Waals surface area (Å²) < 4.78 is 4.77. The fourth-order valence-corrected chi connectivity index (χ4v) is 3.90. The lowest BCUT2D eigenvalue weighted by molar-refractivity contribution is -0.878. The lowest BCUT2D eigenvalue weighted by Crippen LogP contribution is -2.56. The summed E-state index contributed by atoms with van der Waals surface area (Å²) in [5.41, 5.74) is 0.0346. The van der Waals surface area contributed by atoms with Gasteiger partial charge < -0.3 is 15.1 Å². The molecule has 1 N–H and O–H groups in total. The highest BCUT2D eigenvalue weighted by Gasteiger charge is 2.53. The molecule has 4 nitrogen and oxygen atoms in total. The van der Waals surface area contributed by atoms with Gasteiger partial charge in [-0.2, -0.15) is 0 Å². The van der Waals surface area contributed by atoms with Crippen LogP contribution in [0, 0.1) is 5.21 Å². The van der Waals surface area contributed by atoms with Gasteiger partial charge in [-0.05, 0) is 18.1 Å². The maximum Gasteiger partial charge on any atom is 0.284 e. The molecule has 0 bridgehead atoms. The molecule has 1 aliphatic heterocycles. The van der Waals surface area contributed by atoms with Crippen LogP contribution in [-0.2, 0) is 10.3 Å². The number of likely N-dealkylation sites (tertiary alicyclic amines) is 1. The molecule has 1 heterocycles. The van der Waals surface area contributed by atoms with Crippen LogP contribution in [0.25, 0.3) is 0 Å². The van der Waals surface area contributed by atoms with E-state index in [1.807, 2.05) is 67.6 Å². The van der Waals surface area contributed by atoms with E-state index < -0.39 is 16.3 Å². The third kappa shape index (κ3) is 2.97. The molecule has 0 amide bonds. The van der Waals surface area contributed by atoms with Crippen molar-refractivity contribution in [2.24, 2.45) is 0 Å². The Morgan fingerprint density at radius 1 is 1.16 bits per heavy atom. The van der Waals surface area contributed by atoms with E-state index in [2.05, 4.69) is 6.58 Å². The van der Waals surface area contributed by atoms with Gasteiger partial charge in [0.15, 0.2) is 5.60 Å². The zero-order chi connectivity index (χ0) is 17.9. The summed E-state index contributed by atoms with van der Waals surface area (Å²) in [6.07, 6.45) is 1.33. The van der Waals surface area contributed by atoms with Gasteiger partial charge in [0.1, 0.15) is 6.04 Å². The van der Waals surface area contributed by atoms with Gasteiger partial charge in [-0.15, -0.1) is 0 Å². The Morgan fingerprint density at radius 2 is 1.68 bits per heavy atom. The van der Waals surface area contributed by atoms with Crippen molar-refractivity contribution in [3.8, 4) is 0 Å². The van der Waals surface area contributed by atoms with Gasteiger partial charge in [0.25, 0.3) is 5.88 Å². The Morgan fingerprint density at radius 3 is 2.16 bits per heavy atom. The molecule has 1 saturated heterocycles. The first-order valence-electron chi connectivity index (χ1n) is 8.78. The summed E-state index contributed by atoms with van der Waals surface area (Å²) in [5, 5.41) is 25.6. The maximum absolute atomic E-state index is 13.7. The molecule has 25 heavy (non-hydrogen) atoms. The number of ether oxygens (including phenoxy) is 1. The number of benzene rings is 2. The standard InChI is InChI=1S/C21H25NO3/c1-3-25-17(2)22(24)16-10-15-20(22)21(23,18-11-6-4-7-12-18)19-13-8-5-9-14-19/h4-9,11-14,20,23H,2-3,10,15-16H2,1H3/t20-,22+/m0/s1. The van der Waals surface area contributed by atoms with Crippen molar-refractivity contribution in [3.05, 3.63) is 89.5 Å². The van der Waals surface area contributed by atoms with E-state index in [-0.39, 0.29) is 5.88 Å². The van der Waals surface area contributed by atoms with Gasteiger partial charge in [-0.25, -0.2) is 0 Å². The highest BCUT2D eigenvalue weighted by molar-refractivity contribution is 5.38. The molecule has 1 fully saturated rings. The van der Waals surface area contributed by atoms with Gasteiger partial charge in [0, 0.05) is 19.4 Å². The number of hydroxylamine groups is 3. The van der Waals surface area contributed by atoms with Crippen molar-refractivity contribution in [2.75, 3.05) is 13.2 Å². The normalized spacial score (nSPS) is 23.4. The number of nitrogens with zero attached hydrogens (tertiary/aromatic N) is 1. The SMILES string of the molecule is C=C(OCC)[N@+]1([O-])CCC[C@H]1C(O)(c1ccccc1)c1ccccc1. The summed E-state index contributed by atoms with van der Waals surface area (Å²) in [7, 11) is 0. The molecule has 0 saturated carbocycles. The van der Waals surface area contributed by atoms with Crippen LogP contribution in [0.4, 0.5) is 0 Å². The summed E-state index contributed by atoms with van der Waals surface area (Å²) in [6, 6.07) is 18.2. The second-order valence-electron chi connectivity index (χ2n) is 6.50. The van der Waals surface area contributed by atoms with E-state index in [1.165, 1.54) is 0 Å². The molecular weight excluding hydrogens is 314 g/mol. The predicted molar refractivity (Wildman–Crippen MR) is 98.2 cm³/mol. The third-order valence-corrected chi connectivity index (χ3v) is 5.11. The van der Waals surface area contributed by atoms with E-state index in [4.69, 9.17) is 4.74 Å². The predicted octanol–water partition coefficient (Wildman–Crippen LogP) is 3.91. The summed E-state index contributed by atoms with van der Waals surface area (Å²) in [5.74, 6) is 0.176. The largest absolute Gasteiger partial charge is 0.625 e. The zero-order valence-corrected chi connectivity index (χ0v) is 14.6. The van der Waals surface area contributed by atoms with Gasteiger partial charge in [-0.3, -0.25) is 4.65 Å². The molecule has 0 radical (unpaired) electrons. The first-order chi connectivity index (χ1) is 12.0. The smallest absolute Gasteiger partial charge is 0.284 e. The lowest BCUT2D eigenvalue weighted by atomic mass is 9.79. The Labute approximate surface area is 149 Å². The molecule has 0 unspecified atom stereocenters. The van der Waals surface area contributed by atoms with Crippen LogP contribution in [0.3, 0.4) is 0 Å². The minimum Gasteiger partial charge on any atom is -0.625 e.